The van der Waals surface area contributed by atoms with Crippen molar-refractivity contribution in [3.63, 3.8) is 0 Å². The minimum Gasteiger partial charge on any atom is -0.279 e. The van der Waals surface area contributed by atoms with Gasteiger partial charge in [-0.2, -0.15) is 0 Å². The summed E-state index contributed by atoms with van der Waals surface area (Å²) in [5.41, 5.74) is 5.48. The van der Waals surface area contributed by atoms with Crippen LogP contribution in [0.1, 0.15) is 54.9 Å². The predicted molar refractivity (Wildman–Crippen MR) is 152 cm³/mol. The van der Waals surface area contributed by atoms with Gasteiger partial charge in [-0.05, 0) is 28.7 Å². The molecule has 0 aromatic heterocycles. The van der Waals surface area contributed by atoms with Crippen LogP contribution in [-0.2, 0) is 26.2 Å². The molecule has 4 aromatic carbocycles. The van der Waals surface area contributed by atoms with Crippen LogP contribution in [0.15, 0.2) is 121 Å². The van der Waals surface area contributed by atoms with Crippen LogP contribution in [0.2, 0.25) is 0 Å². The van der Waals surface area contributed by atoms with E-state index in [1.165, 1.54) is 41.5 Å². The maximum Gasteiger partial charge on any atom is 0.0634 e. The number of hydrogen-bond donors (Lipinski definition) is 0. The molecule has 2 nitrogen and oxygen atoms in total. The monoisotopic (exact) mass is 476 g/mol. The fourth-order valence-corrected chi connectivity index (χ4v) is 4.98. The molecule has 0 spiro atoms. The van der Waals surface area contributed by atoms with Gasteiger partial charge in [0.25, 0.3) is 0 Å². The van der Waals surface area contributed by atoms with Crippen LogP contribution in [0, 0.1) is 0 Å². The van der Waals surface area contributed by atoms with Crippen LogP contribution in [0.4, 0.5) is 0 Å². The highest BCUT2D eigenvalue weighted by atomic mass is 15.3. The van der Waals surface area contributed by atoms with E-state index in [0.717, 1.165) is 32.6 Å². The highest BCUT2D eigenvalue weighted by Crippen LogP contribution is 2.24. The maximum atomic E-state index is 2.70. The Morgan fingerprint density at radius 1 is 0.444 bits per heavy atom. The lowest BCUT2D eigenvalue weighted by Crippen LogP contribution is -2.47. The summed E-state index contributed by atoms with van der Waals surface area (Å²) in [5, 5.41) is 0. The van der Waals surface area contributed by atoms with Crippen LogP contribution in [0.5, 0.6) is 0 Å². The van der Waals surface area contributed by atoms with E-state index in [-0.39, 0.29) is 0 Å². The van der Waals surface area contributed by atoms with Gasteiger partial charge >= 0.3 is 0 Å². The number of hydrogen-bond acceptors (Lipinski definition) is 2. The molecule has 0 atom stereocenters. The van der Waals surface area contributed by atoms with Crippen molar-refractivity contribution in [3.8, 4) is 0 Å². The number of rotatable bonds is 14. The summed E-state index contributed by atoms with van der Waals surface area (Å²) in [6, 6.07) is 43.8. The second kappa shape index (κ2) is 14.4. The zero-order chi connectivity index (χ0) is 24.8. The van der Waals surface area contributed by atoms with Gasteiger partial charge in [-0.1, -0.05) is 148 Å². The van der Waals surface area contributed by atoms with Gasteiger partial charge in [0, 0.05) is 26.2 Å². The first-order chi connectivity index (χ1) is 17.8. The van der Waals surface area contributed by atoms with Crippen LogP contribution in [-0.4, -0.2) is 16.0 Å². The Morgan fingerprint density at radius 2 is 0.750 bits per heavy atom. The van der Waals surface area contributed by atoms with Gasteiger partial charge in [0.05, 0.1) is 6.17 Å². The molecule has 4 rings (SSSR count). The molecule has 0 amide bonds. The van der Waals surface area contributed by atoms with Crippen molar-refractivity contribution in [3.05, 3.63) is 144 Å². The van der Waals surface area contributed by atoms with E-state index in [2.05, 4.69) is 138 Å². The second-order valence-corrected chi connectivity index (χ2v) is 9.73. The summed E-state index contributed by atoms with van der Waals surface area (Å²) in [7, 11) is 0. The van der Waals surface area contributed by atoms with Crippen LogP contribution < -0.4 is 0 Å². The molecule has 36 heavy (non-hydrogen) atoms. The standard InChI is InChI=1S/C34H40N2/c1-2-3-8-25-34(35(26-30-17-9-4-10-18-30)27-31-19-11-5-12-20-31)36(28-32-21-13-6-14-22-32)29-33-23-15-7-16-24-33/h4-7,9-24,34H,2-3,8,25-29H2,1H3. The molecule has 0 radical (unpaired) electrons. The average Bonchev–Trinajstić information content (AvgIpc) is 2.93. The van der Waals surface area contributed by atoms with Crippen LogP contribution in [0.25, 0.3) is 0 Å². The molecule has 0 saturated heterocycles. The van der Waals surface area contributed by atoms with Crippen LogP contribution >= 0.6 is 0 Å². The number of unbranched alkanes of at least 4 members (excludes halogenated alkanes) is 2. The van der Waals surface area contributed by atoms with E-state index in [1.807, 2.05) is 0 Å². The highest BCUT2D eigenvalue weighted by Gasteiger charge is 2.26. The van der Waals surface area contributed by atoms with Crippen molar-refractivity contribution >= 4 is 0 Å². The van der Waals surface area contributed by atoms with E-state index >= 15 is 0 Å². The minimum atomic E-state index is 0.331. The highest BCUT2D eigenvalue weighted by molar-refractivity contribution is 5.19. The SMILES string of the molecule is CCCCCC(N(Cc1ccccc1)Cc1ccccc1)N(Cc1ccccc1)Cc1ccccc1. The fourth-order valence-electron chi connectivity index (χ4n) is 4.98. The Bertz CT molecular complexity index is 927. The average molecular weight is 477 g/mol. The third-order valence-electron chi connectivity index (χ3n) is 6.82. The predicted octanol–water partition coefficient (Wildman–Crippen LogP) is 8.30. The number of benzene rings is 4. The largest absolute Gasteiger partial charge is 0.279 e. The Labute approximate surface area is 218 Å². The molecule has 0 unspecified atom stereocenters. The van der Waals surface area contributed by atoms with Gasteiger partial charge in [-0.15, -0.1) is 0 Å². The van der Waals surface area contributed by atoms with Crippen LogP contribution in [0.3, 0.4) is 0 Å². The van der Waals surface area contributed by atoms with E-state index in [0.29, 0.717) is 6.17 Å². The molecular formula is C34H40N2. The van der Waals surface area contributed by atoms with Gasteiger partial charge in [0.15, 0.2) is 0 Å². The summed E-state index contributed by atoms with van der Waals surface area (Å²) in [4.78, 5) is 5.40. The summed E-state index contributed by atoms with van der Waals surface area (Å²) in [6.45, 7) is 6.05. The molecule has 0 aliphatic carbocycles. The summed E-state index contributed by atoms with van der Waals surface area (Å²) < 4.78 is 0. The van der Waals surface area contributed by atoms with Crippen molar-refractivity contribution in [1.82, 2.24) is 9.80 Å². The van der Waals surface area contributed by atoms with Gasteiger partial charge in [-0.3, -0.25) is 9.80 Å². The topological polar surface area (TPSA) is 6.48 Å². The van der Waals surface area contributed by atoms with E-state index in [4.69, 9.17) is 0 Å². The fraction of sp³-hybridized carbons (Fsp3) is 0.294. The molecule has 0 aliphatic heterocycles. The first-order valence-electron chi connectivity index (χ1n) is 13.5. The molecule has 0 saturated carbocycles. The molecule has 0 fully saturated rings. The zero-order valence-electron chi connectivity index (χ0n) is 21.7. The Kier molecular flexibility index (Phi) is 10.3. The maximum absolute atomic E-state index is 2.70. The lowest BCUT2D eigenvalue weighted by atomic mass is 10.1. The molecule has 0 aliphatic rings. The summed E-state index contributed by atoms with van der Waals surface area (Å²) >= 11 is 0. The molecule has 186 valence electrons. The molecule has 0 bridgehead atoms. The zero-order valence-corrected chi connectivity index (χ0v) is 21.7. The van der Waals surface area contributed by atoms with Crippen molar-refractivity contribution in [2.75, 3.05) is 0 Å². The third kappa shape index (κ3) is 8.19. The Morgan fingerprint density at radius 3 is 1.03 bits per heavy atom. The van der Waals surface area contributed by atoms with Crippen molar-refractivity contribution in [2.45, 2.75) is 65.0 Å². The first kappa shape index (κ1) is 25.9. The molecule has 4 aromatic rings. The van der Waals surface area contributed by atoms with Gasteiger partial charge in [0.1, 0.15) is 0 Å². The smallest absolute Gasteiger partial charge is 0.0634 e. The van der Waals surface area contributed by atoms with Crippen molar-refractivity contribution in [1.29, 1.82) is 0 Å². The first-order valence-corrected chi connectivity index (χ1v) is 13.5. The van der Waals surface area contributed by atoms with E-state index in [1.54, 1.807) is 0 Å². The second-order valence-electron chi connectivity index (χ2n) is 9.73. The van der Waals surface area contributed by atoms with Gasteiger partial charge in [0.2, 0.25) is 0 Å². The van der Waals surface area contributed by atoms with Crippen molar-refractivity contribution in [2.24, 2.45) is 0 Å². The Balaban J connectivity index is 1.69. The molecule has 0 heterocycles. The van der Waals surface area contributed by atoms with E-state index in [9.17, 15) is 0 Å². The quantitative estimate of drug-likeness (QED) is 0.133. The lowest BCUT2D eigenvalue weighted by molar-refractivity contribution is 0.0105. The third-order valence-corrected chi connectivity index (χ3v) is 6.82. The molecular weight excluding hydrogens is 436 g/mol. The summed E-state index contributed by atoms with van der Waals surface area (Å²) in [6.07, 6.45) is 5.24. The molecule has 0 N–H and O–H groups in total. The normalized spacial score (nSPS) is 11.4. The van der Waals surface area contributed by atoms with Gasteiger partial charge in [-0.25, -0.2) is 0 Å². The van der Waals surface area contributed by atoms with E-state index < -0.39 is 0 Å². The summed E-state index contributed by atoms with van der Waals surface area (Å²) in [5.74, 6) is 0. The minimum absolute atomic E-state index is 0.331. The van der Waals surface area contributed by atoms with Gasteiger partial charge < -0.3 is 0 Å². The molecule has 2 heteroatoms. The van der Waals surface area contributed by atoms with Crippen molar-refractivity contribution < 1.29 is 0 Å². The lowest BCUT2D eigenvalue weighted by Gasteiger charge is -2.40. The number of nitrogens with zero attached hydrogens (tertiary/aromatic N) is 2. The Hall–Kier alpha value is -3.20.